The molecule has 94 valence electrons. The quantitative estimate of drug-likeness (QED) is 0.833. The van der Waals surface area contributed by atoms with Crippen molar-refractivity contribution in [1.82, 2.24) is 0 Å². The van der Waals surface area contributed by atoms with E-state index in [1.165, 1.54) is 21.0 Å². The van der Waals surface area contributed by atoms with Crippen LogP contribution in [0.25, 0.3) is 0 Å². The van der Waals surface area contributed by atoms with Gasteiger partial charge >= 0.3 is 0 Å². The Hall–Kier alpha value is -1.56. The number of nitrogens with one attached hydrogen (secondary N) is 1. The van der Waals surface area contributed by atoms with Gasteiger partial charge in [-0.2, -0.15) is 0 Å². The number of carbonyl (C=O) groups is 1. The standard InChI is InChI=1S/C11H12F3NO2/c1-11(2,17-3)10(16)15-8-5-6(12)4-7(13)9(8)14/h4-5H,1-3H3,(H,15,16). The van der Waals surface area contributed by atoms with Crippen LogP contribution in [0.4, 0.5) is 18.9 Å². The molecule has 0 spiro atoms. The van der Waals surface area contributed by atoms with Gasteiger partial charge in [0.2, 0.25) is 0 Å². The Labute approximate surface area is 96.6 Å². The summed E-state index contributed by atoms with van der Waals surface area (Å²) in [5, 5.41) is 2.06. The van der Waals surface area contributed by atoms with Crippen molar-refractivity contribution >= 4 is 11.6 Å². The molecule has 0 fully saturated rings. The van der Waals surface area contributed by atoms with Crippen molar-refractivity contribution in [2.24, 2.45) is 0 Å². The predicted octanol–water partition coefficient (Wildman–Crippen LogP) is 2.47. The first kappa shape index (κ1) is 13.5. The Bertz CT molecular complexity index is 447. The summed E-state index contributed by atoms with van der Waals surface area (Å²) >= 11 is 0. The van der Waals surface area contributed by atoms with Gasteiger partial charge in [0.05, 0.1) is 5.69 Å². The molecule has 0 aliphatic rings. The molecule has 0 aliphatic carbocycles. The Morgan fingerprint density at radius 3 is 2.41 bits per heavy atom. The van der Waals surface area contributed by atoms with Crippen LogP contribution in [0.5, 0.6) is 0 Å². The average Bonchev–Trinajstić information content (AvgIpc) is 2.25. The first-order chi connectivity index (χ1) is 7.77. The highest BCUT2D eigenvalue weighted by Gasteiger charge is 2.28. The maximum atomic E-state index is 13.2. The van der Waals surface area contributed by atoms with Gasteiger partial charge in [-0.1, -0.05) is 0 Å². The third-order valence-electron chi connectivity index (χ3n) is 2.30. The zero-order chi connectivity index (χ0) is 13.2. The van der Waals surface area contributed by atoms with E-state index in [2.05, 4.69) is 5.32 Å². The number of benzene rings is 1. The fraction of sp³-hybridized carbons (Fsp3) is 0.364. The SMILES string of the molecule is COC(C)(C)C(=O)Nc1cc(F)cc(F)c1F. The molecular formula is C11H12F3NO2. The number of halogens is 3. The summed E-state index contributed by atoms with van der Waals surface area (Å²) in [6, 6.07) is 1.09. The molecule has 3 nitrogen and oxygen atoms in total. The second-order valence-corrected chi connectivity index (χ2v) is 3.92. The van der Waals surface area contributed by atoms with Crippen LogP contribution in [0, 0.1) is 17.5 Å². The molecule has 0 saturated heterocycles. The van der Waals surface area contributed by atoms with Crippen molar-refractivity contribution in [3.8, 4) is 0 Å². The van der Waals surface area contributed by atoms with E-state index in [1.807, 2.05) is 0 Å². The number of ether oxygens (including phenoxy) is 1. The van der Waals surface area contributed by atoms with Crippen LogP contribution in [0.3, 0.4) is 0 Å². The summed E-state index contributed by atoms with van der Waals surface area (Å²) in [6.07, 6.45) is 0. The normalized spacial score (nSPS) is 11.4. The number of carbonyl (C=O) groups excluding carboxylic acids is 1. The van der Waals surface area contributed by atoms with Gasteiger partial charge in [-0.15, -0.1) is 0 Å². The van der Waals surface area contributed by atoms with Gasteiger partial charge in [0.1, 0.15) is 11.4 Å². The van der Waals surface area contributed by atoms with Crippen LogP contribution in [-0.4, -0.2) is 18.6 Å². The molecule has 1 aromatic rings. The van der Waals surface area contributed by atoms with Gasteiger partial charge in [0, 0.05) is 19.2 Å². The Morgan fingerprint density at radius 2 is 1.88 bits per heavy atom. The van der Waals surface area contributed by atoms with Gasteiger partial charge in [0.25, 0.3) is 5.91 Å². The molecule has 0 radical (unpaired) electrons. The van der Waals surface area contributed by atoms with E-state index in [9.17, 15) is 18.0 Å². The van der Waals surface area contributed by atoms with Gasteiger partial charge in [-0.25, -0.2) is 13.2 Å². The molecule has 0 unspecified atom stereocenters. The number of amides is 1. The molecule has 1 rings (SSSR count). The Morgan fingerprint density at radius 1 is 1.29 bits per heavy atom. The zero-order valence-corrected chi connectivity index (χ0v) is 9.61. The lowest BCUT2D eigenvalue weighted by Gasteiger charge is -2.21. The molecule has 1 N–H and O–H groups in total. The highest BCUT2D eigenvalue weighted by Crippen LogP contribution is 2.21. The van der Waals surface area contributed by atoms with E-state index >= 15 is 0 Å². The highest BCUT2D eigenvalue weighted by molar-refractivity contribution is 5.96. The summed E-state index contributed by atoms with van der Waals surface area (Å²) in [5.74, 6) is -4.36. The highest BCUT2D eigenvalue weighted by atomic mass is 19.2. The van der Waals surface area contributed by atoms with Gasteiger partial charge < -0.3 is 10.1 Å². The van der Waals surface area contributed by atoms with E-state index in [0.29, 0.717) is 12.1 Å². The molecule has 0 aliphatic heterocycles. The lowest BCUT2D eigenvalue weighted by atomic mass is 10.1. The van der Waals surface area contributed by atoms with Gasteiger partial charge in [-0.05, 0) is 13.8 Å². The molecule has 1 aromatic carbocycles. The molecule has 0 saturated carbocycles. The third-order valence-corrected chi connectivity index (χ3v) is 2.30. The average molecular weight is 247 g/mol. The van der Waals surface area contributed by atoms with Crippen molar-refractivity contribution in [3.05, 3.63) is 29.6 Å². The van der Waals surface area contributed by atoms with E-state index in [4.69, 9.17) is 4.74 Å². The van der Waals surface area contributed by atoms with Crippen molar-refractivity contribution in [2.45, 2.75) is 19.4 Å². The number of methoxy groups -OCH3 is 1. The maximum absolute atomic E-state index is 13.2. The van der Waals surface area contributed by atoms with Crippen LogP contribution in [0.15, 0.2) is 12.1 Å². The molecule has 0 aromatic heterocycles. The first-order valence-corrected chi connectivity index (χ1v) is 4.79. The number of hydrogen-bond donors (Lipinski definition) is 1. The monoisotopic (exact) mass is 247 g/mol. The molecular weight excluding hydrogens is 235 g/mol. The van der Waals surface area contributed by atoms with E-state index in [0.717, 1.165) is 0 Å². The van der Waals surface area contributed by atoms with Crippen LogP contribution in [0.2, 0.25) is 0 Å². The minimum Gasteiger partial charge on any atom is -0.369 e. The van der Waals surface area contributed by atoms with Crippen molar-refractivity contribution in [1.29, 1.82) is 0 Å². The molecule has 17 heavy (non-hydrogen) atoms. The fourth-order valence-electron chi connectivity index (χ4n) is 1.01. The van der Waals surface area contributed by atoms with Crippen LogP contribution >= 0.6 is 0 Å². The number of hydrogen-bond acceptors (Lipinski definition) is 2. The second-order valence-electron chi connectivity index (χ2n) is 3.92. The van der Waals surface area contributed by atoms with Crippen molar-refractivity contribution in [3.63, 3.8) is 0 Å². The smallest absolute Gasteiger partial charge is 0.256 e. The van der Waals surface area contributed by atoms with Gasteiger partial charge in [-0.3, -0.25) is 4.79 Å². The van der Waals surface area contributed by atoms with E-state index in [1.54, 1.807) is 0 Å². The summed E-state index contributed by atoms with van der Waals surface area (Å²) in [4.78, 5) is 11.6. The van der Waals surface area contributed by atoms with Gasteiger partial charge in [0.15, 0.2) is 11.6 Å². The molecule has 0 atom stereocenters. The summed E-state index contributed by atoms with van der Waals surface area (Å²) < 4.78 is 43.8. The maximum Gasteiger partial charge on any atom is 0.256 e. The lowest BCUT2D eigenvalue weighted by Crippen LogP contribution is -2.39. The minimum absolute atomic E-state index is 0.395. The molecule has 6 heteroatoms. The minimum atomic E-state index is -1.37. The van der Waals surface area contributed by atoms with Crippen molar-refractivity contribution < 1.29 is 22.7 Å². The second kappa shape index (κ2) is 4.75. The van der Waals surface area contributed by atoms with Crippen LogP contribution in [0.1, 0.15) is 13.8 Å². The predicted molar refractivity (Wildman–Crippen MR) is 56.0 cm³/mol. The fourth-order valence-corrected chi connectivity index (χ4v) is 1.01. The first-order valence-electron chi connectivity index (χ1n) is 4.79. The molecule has 1 amide bonds. The summed E-state index contributed by atoms with van der Waals surface area (Å²) in [6.45, 7) is 2.88. The number of rotatable bonds is 3. The Kier molecular flexibility index (Phi) is 3.77. The lowest BCUT2D eigenvalue weighted by molar-refractivity contribution is -0.133. The number of anilines is 1. The molecule has 0 heterocycles. The molecule has 0 bridgehead atoms. The summed E-state index contributed by atoms with van der Waals surface area (Å²) in [5.41, 5.74) is -1.78. The van der Waals surface area contributed by atoms with Crippen LogP contribution in [-0.2, 0) is 9.53 Å². The van der Waals surface area contributed by atoms with E-state index in [-0.39, 0.29) is 0 Å². The summed E-state index contributed by atoms with van der Waals surface area (Å²) in [7, 11) is 1.29. The zero-order valence-electron chi connectivity index (χ0n) is 9.61. The van der Waals surface area contributed by atoms with E-state index < -0.39 is 34.6 Å². The largest absolute Gasteiger partial charge is 0.369 e. The van der Waals surface area contributed by atoms with Crippen molar-refractivity contribution in [2.75, 3.05) is 12.4 Å². The topological polar surface area (TPSA) is 38.3 Å². The van der Waals surface area contributed by atoms with Crippen LogP contribution < -0.4 is 5.32 Å². The Balaban J connectivity index is 3.00. The third kappa shape index (κ3) is 2.97.